The number of nitrogens with one attached hydrogen (secondary N) is 1. The molecule has 0 saturated carbocycles. The van der Waals surface area contributed by atoms with E-state index >= 15 is 0 Å². The molecule has 0 heterocycles. The molecule has 1 N–H and O–H groups in total. The second-order valence-electron chi connectivity index (χ2n) is 4.38. The minimum atomic E-state index is -3.50. The highest BCUT2D eigenvalue weighted by Gasteiger charge is 2.18. The number of halogens is 2. The normalized spacial score (nSPS) is 11.2. The summed E-state index contributed by atoms with van der Waals surface area (Å²) >= 11 is 11.7. The zero-order valence-electron chi connectivity index (χ0n) is 10.9. The van der Waals surface area contributed by atoms with Crippen LogP contribution in [0, 0.1) is 0 Å². The van der Waals surface area contributed by atoms with Crippen LogP contribution in [0.2, 0.25) is 10.0 Å². The second-order valence-corrected chi connectivity index (χ2v) is 7.24. The van der Waals surface area contributed by atoms with Gasteiger partial charge in [-0.15, -0.1) is 0 Å². The van der Waals surface area contributed by atoms with Crippen molar-refractivity contribution in [1.82, 2.24) is 0 Å². The lowest BCUT2D eigenvalue weighted by molar-refractivity contribution is 0.102. The number of rotatable bonds is 3. The van der Waals surface area contributed by atoms with Crippen LogP contribution in [0.4, 0.5) is 5.69 Å². The van der Waals surface area contributed by atoms with E-state index in [1.807, 2.05) is 0 Å². The molecule has 0 aromatic heterocycles. The highest BCUT2D eigenvalue weighted by atomic mass is 35.5. The van der Waals surface area contributed by atoms with Gasteiger partial charge in [0, 0.05) is 22.0 Å². The van der Waals surface area contributed by atoms with Gasteiger partial charge < -0.3 is 5.32 Å². The van der Waals surface area contributed by atoms with Crippen molar-refractivity contribution in [1.29, 1.82) is 0 Å². The van der Waals surface area contributed by atoms with Crippen molar-refractivity contribution in [3.63, 3.8) is 0 Å². The van der Waals surface area contributed by atoms with Crippen LogP contribution in [0.25, 0.3) is 0 Å². The Morgan fingerprint density at radius 2 is 1.62 bits per heavy atom. The maximum absolute atomic E-state index is 12.2. The average Bonchev–Trinajstić information content (AvgIpc) is 2.36. The second kappa shape index (κ2) is 6.05. The zero-order chi connectivity index (χ0) is 15.6. The highest BCUT2D eigenvalue weighted by molar-refractivity contribution is 7.90. The minimum Gasteiger partial charge on any atom is -0.322 e. The van der Waals surface area contributed by atoms with Crippen molar-refractivity contribution in [2.45, 2.75) is 4.90 Å². The van der Waals surface area contributed by atoms with Crippen LogP contribution in [-0.2, 0) is 9.84 Å². The van der Waals surface area contributed by atoms with Gasteiger partial charge in [-0.05, 0) is 30.3 Å². The average molecular weight is 344 g/mol. The molecule has 2 aromatic rings. The van der Waals surface area contributed by atoms with E-state index < -0.39 is 15.7 Å². The molecule has 0 aliphatic heterocycles. The highest BCUT2D eigenvalue weighted by Crippen LogP contribution is 2.24. The SMILES string of the molecule is CS(=O)(=O)c1ccccc1C(=O)Nc1cc(Cl)cc(Cl)c1. The number of carbonyl (C=O) groups excluding carboxylic acids is 1. The van der Waals surface area contributed by atoms with Crippen molar-refractivity contribution in [2.75, 3.05) is 11.6 Å². The molecule has 0 aliphatic carbocycles. The quantitative estimate of drug-likeness (QED) is 0.924. The maximum atomic E-state index is 12.2. The predicted molar refractivity (Wildman–Crippen MR) is 84.0 cm³/mol. The number of hydrogen-bond acceptors (Lipinski definition) is 3. The van der Waals surface area contributed by atoms with E-state index in [0.717, 1.165) is 6.26 Å². The van der Waals surface area contributed by atoms with Gasteiger partial charge in [-0.3, -0.25) is 4.79 Å². The summed E-state index contributed by atoms with van der Waals surface area (Å²) in [7, 11) is -3.50. The lowest BCUT2D eigenvalue weighted by Crippen LogP contribution is -2.16. The number of hydrogen-bond donors (Lipinski definition) is 1. The molecule has 0 atom stereocenters. The third-order valence-corrected chi connectivity index (χ3v) is 4.24. The first-order valence-corrected chi connectivity index (χ1v) is 8.48. The van der Waals surface area contributed by atoms with Crippen LogP contribution in [0.5, 0.6) is 0 Å². The molecule has 0 bridgehead atoms. The molecular weight excluding hydrogens is 333 g/mol. The summed E-state index contributed by atoms with van der Waals surface area (Å²) < 4.78 is 23.4. The maximum Gasteiger partial charge on any atom is 0.256 e. The molecule has 1 amide bonds. The molecule has 0 unspecified atom stereocenters. The van der Waals surface area contributed by atoms with Gasteiger partial charge in [0.2, 0.25) is 0 Å². The first-order valence-electron chi connectivity index (χ1n) is 5.84. The van der Waals surface area contributed by atoms with Gasteiger partial charge in [-0.25, -0.2) is 8.42 Å². The van der Waals surface area contributed by atoms with Crippen LogP contribution < -0.4 is 5.32 Å². The molecule has 7 heteroatoms. The molecule has 4 nitrogen and oxygen atoms in total. The largest absolute Gasteiger partial charge is 0.322 e. The van der Waals surface area contributed by atoms with E-state index in [9.17, 15) is 13.2 Å². The van der Waals surface area contributed by atoms with Crippen LogP contribution >= 0.6 is 23.2 Å². The van der Waals surface area contributed by atoms with Gasteiger partial charge in [0.25, 0.3) is 5.91 Å². The first-order chi connectivity index (χ1) is 9.77. The molecule has 2 aromatic carbocycles. The van der Waals surface area contributed by atoms with Gasteiger partial charge in [0.1, 0.15) is 0 Å². The fourth-order valence-electron chi connectivity index (χ4n) is 1.80. The molecule has 2 rings (SSSR count). The zero-order valence-corrected chi connectivity index (χ0v) is 13.3. The van der Waals surface area contributed by atoms with Crippen LogP contribution in [0.1, 0.15) is 10.4 Å². The van der Waals surface area contributed by atoms with Gasteiger partial charge >= 0.3 is 0 Å². The van der Waals surface area contributed by atoms with Crippen molar-refractivity contribution in [3.8, 4) is 0 Å². The Hall–Kier alpha value is -1.56. The summed E-state index contributed by atoms with van der Waals surface area (Å²) in [5.41, 5.74) is 0.455. The van der Waals surface area contributed by atoms with E-state index in [4.69, 9.17) is 23.2 Å². The van der Waals surface area contributed by atoms with Crippen LogP contribution in [0.3, 0.4) is 0 Å². The van der Waals surface area contributed by atoms with E-state index in [1.165, 1.54) is 30.3 Å². The summed E-state index contributed by atoms with van der Waals surface area (Å²) in [6.45, 7) is 0. The standard InChI is InChI=1S/C14H11Cl2NO3S/c1-21(19,20)13-5-3-2-4-12(13)14(18)17-11-7-9(15)6-10(16)8-11/h2-8H,1H3,(H,17,18). The number of amides is 1. The lowest BCUT2D eigenvalue weighted by Gasteiger charge is -2.09. The van der Waals surface area contributed by atoms with Crippen molar-refractivity contribution in [3.05, 3.63) is 58.1 Å². The predicted octanol–water partition coefficient (Wildman–Crippen LogP) is 3.65. The fraction of sp³-hybridized carbons (Fsp3) is 0.0714. The Bertz CT molecular complexity index is 783. The Balaban J connectivity index is 2.38. The van der Waals surface area contributed by atoms with Crippen LogP contribution in [0.15, 0.2) is 47.4 Å². The number of benzene rings is 2. The molecule has 21 heavy (non-hydrogen) atoms. The third kappa shape index (κ3) is 3.97. The molecule has 110 valence electrons. The summed E-state index contributed by atoms with van der Waals surface area (Å²) in [6.07, 6.45) is 1.05. The number of carbonyl (C=O) groups is 1. The first kappa shape index (κ1) is 15.8. The topological polar surface area (TPSA) is 63.2 Å². The van der Waals surface area contributed by atoms with Gasteiger partial charge in [0.05, 0.1) is 10.5 Å². The molecular formula is C14H11Cl2NO3S. The Morgan fingerprint density at radius 3 is 2.19 bits per heavy atom. The summed E-state index contributed by atoms with van der Waals surface area (Å²) in [5, 5.41) is 3.32. The van der Waals surface area contributed by atoms with E-state index in [1.54, 1.807) is 12.1 Å². The fourth-order valence-corrected chi connectivity index (χ4v) is 3.21. The Labute approximate surface area is 132 Å². The minimum absolute atomic E-state index is 0.0318. The van der Waals surface area contributed by atoms with Crippen LogP contribution in [-0.4, -0.2) is 20.6 Å². The smallest absolute Gasteiger partial charge is 0.256 e. The molecule has 0 saturated heterocycles. The Morgan fingerprint density at radius 1 is 1.05 bits per heavy atom. The molecule has 0 spiro atoms. The number of anilines is 1. The van der Waals surface area contributed by atoms with Gasteiger partial charge in [-0.1, -0.05) is 35.3 Å². The number of sulfone groups is 1. The lowest BCUT2D eigenvalue weighted by atomic mass is 10.2. The summed E-state index contributed by atoms with van der Waals surface area (Å²) in [4.78, 5) is 12.2. The molecule has 0 radical (unpaired) electrons. The monoisotopic (exact) mass is 343 g/mol. The van der Waals surface area contributed by atoms with E-state index in [0.29, 0.717) is 15.7 Å². The summed E-state index contributed by atoms with van der Waals surface area (Å²) in [5.74, 6) is -0.547. The van der Waals surface area contributed by atoms with E-state index in [-0.39, 0.29) is 10.5 Å². The third-order valence-electron chi connectivity index (χ3n) is 2.65. The van der Waals surface area contributed by atoms with Gasteiger partial charge in [-0.2, -0.15) is 0 Å². The Kier molecular flexibility index (Phi) is 4.56. The van der Waals surface area contributed by atoms with E-state index in [2.05, 4.69) is 5.32 Å². The van der Waals surface area contributed by atoms with Crippen molar-refractivity contribution < 1.29 is 13.2 Å². The van der Waals surface area contributed by atoms with Crippen molar-refractivity contribution >= 4 is 44.6 Å². The summed E-state index contributed by atoms with van der Waals surface area (Å²) in [6, 6.07) is 10.6. The van der Waals surface area contributed by atoms with Crippen molar-refractivity contribution in [2.24, 2.45) is 0 Å². The molecule has 0 fully saturated rings. The van der Waals surface area contributed by atoms with Gasteiger partial charge in [0.15, 0.2) is 9.84 Å². The molecule has 0 aliphatic rings.